The molecule has 2 N–H and O–H groups in total. The number of methoxy groups -OCH3 is 1. The van der Waals surface area contributed by atoms with E-state index in [1.807, 2.05) is 12.1 Å². The zero-order chi connectivity index (χ0) is 15.9. The number of anilines is 1. The average Bonchev–Trinajstić information content (AvgIpc) is 2.95. The van der Waals surface area contributed by atoms with Gasteiger partial charge < -0.3 is 15.4 Å². The van der Waals surface area contributed by atoms with Gasteiger partial charge in [0.15, 0.2) is 0 Å². The Hall–Kier alpha value is -1.89. The third-order valence-corrected chi connectivity index (χ3v) is 4.20. The normalized spacial score (nSPS) is 11.7. The Balaban J connectivity index is 1.87. The highest BCUT2D eigenvalue weighted by atomic mass is 35.5. The number of carbonyl (C=O) groups is 2. The summed E-state index contributed by atoms with van der Waals surface area (Å²) in [6, 6.07) is 12.4. The minimum absolute atomic E-state index is 0.189. The minimum Gasteiger partial charge on any atom is -0.374 e. The number of halogens is 1. The van der Waals surface area contributed by atoms with Gasteiger partial charge in [0, 0.05) is 24.2 Å². The number of carbonyl (C=O) groups excluding carboxylic acids is 2. The highest BCUT2D eigenvalue weighted by Gasteiger charge is 2.18. The topological polar surface area (TPSA) is 67.4 Å². The maximum Gasteiger partial charge on any atom is 0.313 e. The van der Waals surface area contributed by atoms with Crippen LogP contribution in [0.1, 0.15) is 11.0 Å². The molecule has 0 spiro atoms. The monoisotopic (exact) mass is 338 g/mol. The van der Waals surface area contributed by atoms with Gasteiger partial charge in [0.05, 0.1) is 4.34 Å². The van der Waals surface area contributed by atoms with E-state index in [-0.39, 0.29) is 12.6 Å². The van der Waals surface area contributed by atoms with Gasteiger partial charge in [-0.05, 0) is 24.3 Å². The van der Waals surface area contributed by atoms with Crippen LogP contribution >= 0.6 is 22.9 Å². The van der Waals surface area contributed by atoms with Crippen LogP contribution in [0, 0.1) is 0 Å². The zero-order valence-corrected chi connectivity index (χ0v) is 13.4. The molecule has 0 aliphatic rings. The van der Waals surface area contributed by atoms with E-state index in [1.54, 1.807) is 30.3 Å². The summed E-state index contributed by atoms with van der Waals surface area (Å²) in [7, 11) is 1.54. The molecule has 2 aromatic rings. The van der Waals surface area contributed by atoms with E-state index in [4.69, 9.17) is 16.3 Å². The predicted molar refractivity (Wildman–Crippen MR) is 87.2 cm³/mol. The van der Waals surface area contributed by atoms with Crippen molar-refractivity contribution in [2.75, 3.05) is 19.0 Å². The Morgan fingerprint density at radius 2 is 1.91 bits per heavy atom. The number of nitrogens with one attached hydrogen (secondary N) is 2. The summed E-state index contributed by atoms with van der Waals surface area (Å²) in [5.74, 6) is -1.43. The Labute approximate surface area is 137 Å². The SMILES string of the molecule is CO[C@H](CNC(=O)C(=O)Nc1ccccc1)c1ccc(Cl)s1. The number of hydrogen-bond donors (Lipinski definition) is 2. The van der Waals surface area contributed by atoms with Crippen LogP contribution in [0.4, 0.5) is 5.69 Å². The molecule has 0 saturated heterocycles. The molecule has 0 unspecified atom stereocenters. The molecule has 0 aliphatic carbocycles. The van der Waals surface area contributed by atoms with Crippen molar-refractivity contribution in [3.05, 3.63) is 51.7 Å². The van der Waals surface area contributed by atoms with Gasteiger partial charge in [0.2, 0.25) is 0 Å². The van der Waals surface area contributed by atoms with Gasteiger partial charge in [0.25, 0.3) is 0 Å². The van der Waals surface area contributed by atoms with E-state index in [0.717, 1.165) is 4.88 Å². The standard InChI is InChI=1S/C15H15ClN2O3S/c1-21-11(12-7-8-13(16)22-12)9-17-14(19)15(20)18-10-5-3-2-4-6-10/h2-8,11H,9H2,1H3,(H,17,19)(H,18,20)/t11-/m1/s1. The summed E-state index contributed by atoms with van der Waals surface area (Å²) in [6.07, 6.45) is -0.342. The molecule has 2 rings (SSSR count). The first-order valence-electron chi connectivity index (χ1n) is 6.52. The van der Waals surface area contributed by atoms with E-state index < -0.39 is 11.8 Å². The van der Waals surface area contributed by atoms with Crippen LogP contribution in [0.3, 0.4) is 0 Å². The van der Waals surface area contributed by atoms with Crippen molar-refractivity contribution in [3.63, 3.8) is 0 Å². The van der Waals surface area contributed by atoms with Gasteiger partial charge in [0.1, 0.15) is 6.10 Å². The number of thiophene rings is 1. The second-order valence-electron chi connectivity index (χ2n) is 4.40. The molecule has 1 atom stereocenters. The van der Waals surface area contributed by atoms with Crippen molar-refractivity contribution in [1.29, 1.82) is 0 Å². The molecular weight excluding hydrogens is 324 g/mol. The van der Waals surface area contributed by atoms with Gasteiger partial charge in [-0.1, -0.05) is 29.8 Å². The Bertz CT molecular complexity index is 645. The lowest BCUT2D eigenvalue weighted by molar-refractivity contribution is -0.136. The van der Waals surface area contributed by atoms with Crippen LogP contribution in [0.5, 0.6) is 0 Å². The first-order valence-corrected chi connectivity index (χ1v) is 7.72. The van der Waals surface area contributed by atoms with Crippen LogP contribution in [-0.2, 0) is 14.3 Å². The fraction of sp³-hybridized carbons (Fsp3) is 0.200. The molecule has 2 amide bonds. The maximum atomic E-state index is 11.8. The molecule has 22 heavy (non-hydrogen) atoms. The van der Waals surface area contributed by atoms with E-state index in [9.17, 15) is 9.59 Å². The molecule has 1 aromatic carbocycles. The molecule has 5 nitrogen and oxygen atoms in total. The lowest BCUT2D eigenvalue weighted by Crippen LogP contribution is -2.37. The summed E-state index contributed by atoms with van der Waals surface area (Å²) in [4.78, 5) is 24.5. The molecule has 0 bridgehead atoms. The van der Waals surface area contributed by atoms with Crippen LogP contribution in [0.15, 0.2) is 42.5 Å². The molecule has 0 saturated carbocycles. The van der Waals surface area contributed by atoms with Crippen LogP contribution in [-0.4, -0.2) is 25.5 Å². The molecule has 0 fully saturated rings. The second-order valence-corrected chi connectivity index (χ2v) is 6.14. The minimum atomic E-state index is -0.717. The number of hydrogen-bond acceptors (Lipinski definition) is 4. The Kier molecular flexibility index (Phi) is 5.94. The van der Waals surface area contributed by atoms with Gasteiger partial charge in [-0.25, -0.2) is 0 Å². The summed E-state index contributed by atoms with van der Waals surface area (Å²) in [5, 5.41) is 5.07. The van der Waals surface area contributed by atoms with E-state index in [1.165, 1.54) is 18.4 Å². The highest BCUT2D eigenvalue weighted by Crippen LogP contribution is 2.28. The summed E-state index contributed by atoms with van der Waals surface area (Å²) in [6.45, 7) is 0.189. The van der Waals surface area contributed by atoms with Gasteiger partial charge in [-0.2, -0.15) is 0 Å². The predicted octanol–water partition coefficient (Wildman–Crippen LogP) is 2.84. The third-order valence-electron chi connectivity index (χ3n) is 2.88. The van der Waals surface area contributed by atoms with Gasteiger partial charge in [-0.3, -0.25) is 9.59 Å². The van der Waals surface area contributed by atoms with E-state index in [2.05, 4.69) is 10.6 Å². The highest BCUT2D eigenvalue weighted by molar-refractivity contribution is 7.16. The Morgan fingerprint density at radius 3 is 2.50 bits per heavy atom. The lowest BCUT2D eigenvalue weighted by atomic mass is 10.3. The average molecular weight is 339 g/mol. The van der Waals surface area contributed by atoms with Crippen LogP contribution in [0.25, 0.3) is 0 Å². The van der Waals surface area contributed by atoms with Crippen LogP contribution in [0.2, 0.25) is 4.34 Å². The number of amides is 2. The first-order chi connectivity index (χ1) is 10.6. The number of benzene rings is 1. The molecule has 1 aromatic heterocycles. The zero-order valence-electron chi connectivity index (χ0n) is 11.8. The molecule has 1 heterocycles. The first kappa shape index (κ1) is 16.5. The second kappa shape index (κ2) is 7.93. The van der Waals surface area contributed by atoms with E-state index in [0.29, 0.717) is 10.0 Å². The largest absolute Gasteiger partial charge is 0.374 e. The van der Waals surface area contributed by atoms with Crippen molar-refractivity contribution in [3.8, 4) is 0 Å². The summed E-state index contributed by atoms with van der Waals surface area (Å²) >= 11 is 7.25. The number of para-hydroxylation sites is 1. The summed E-state index contributed by atoms with van der Waals surface area (Å²) in [5.41, 5.74) is 0.566. The lowest BCUT2D eigenvalue weighted by Gasteiger charge is -2.14. The third kappa shape index (κ3) is 4.56. The molecule has 7 heteroatoms. The fourth-order valence-corrected chi connectivity index (χ4v) is 2.92. The van der Waals surface area contributed by atoms with Crippen molar-refractivity contribution in [2.45, 2.75) is 6.10 Å². The van der Waals surface area contributed by atoms with Crippen molar-refractivity contribution >= 4 is 40.4 Å². The maximum absolute atomic E-state index is 11.8. The van der Waals surface area contributed by atoms with E-state index >= 15 is 0 Å². The van der Waals surface area contributed by atoms with Crippen LogP contribution < -0.4 is 10.6 Å². The quantitative estimate of drug-likeness (QED) is 0.824. The fourth-order valence-electron chi connectivity index (χ4n) is 1.78. The van der Waals surface area contributed by atoms with Gasteiger partial charge in [-0.15, -0.1) is 11.3 Å². The molecule has 0 aliphatic heterocycles. The summed E-state index contributed by atoms with van der Waals surface area (Å²) < 4.78 is 5.95. The van der Waals surface area contributed by atoms with Gasteiger partial charge >= 0.3 is 11.8 Å². The van der Waals surface area contributed by atoms with Crippen molar-refractivity contribution in [1.82, 2.24) is 5.32 Å². The molecule has 0 radical (unpaired) electrons. The number of rotatable bonds is 5. The smallest absolute Gasteiger partial charge is 0.313 e. The number of ether oxygens (including phenoxy) is 1. The van der Waals surface area contributed by atoms with Crippen molar-refractivity contribution in [2.24, 2.45) is 0 Å². The molecular formula is C15H15ClN2O3S. The van der Waals surface area contributed by atoms with Crippen molar-refractivity contribution < 1.29 is 14.3 Å². The Morgan fingerprint density at radius 1 is 1.18 bits per heavy atom. The molecule has 116 valence electrons.